The molecular weight excluding hydrogens is 312 g/mol. The van der Waals surface area contributed by atoms with Gasteiger partial charge in [0.05, 0.1) is 5.56 Å². The summed E-state index contributed by atoms with van der Waals surface area (Å²) in [5.74, 6) is -1.32. The fraction of sp³-hybridized carbons (Fsp3) is 0.364. The summed E-state index contributed by atoms with van der Waals surface area (Å²) in [6.07, 6.45) is 2.18. The molecule has 25 heavy (non-hydrogen) atoms. The zero-order valence-corrected chi connectivity index (χ0v) is 15.2. The number of carboxylic acid groups (broad SMARTS) is 1. The second-order valence-corrected chi connectivity index (χ2v) is 8.21. The molecule has 0 atom stereocenters. The summed E-state index contributed by atoms with van der Waals surface area (Å²) in [6.45, 7) is 8.89. The van der Waals surface area contributed by atoms with Gasteiger partial charge in [-0.1, -0.05) is 58.0 Å². The number of hydrogen-bond acceptors (Lipinski definition) is 2. The first-order valence-electron chi connectivity index (χ1n) is 8.65. The quantitative estimate of drug-likeness (QED) is 0.806. The molecule has 0 saturated heterocycles. The van der Waals surface area contributed by atoms with Crippen molar-refractivity contribution in [2.24, 2.45) is 0 Å². The van der Waals surface area contributed by atoms with Crippen molar-refractivity contribution >= 4 is 11.8 Å². The first-order chi connectivity index (χ1) is 11.6. The lowest BCUT2D eigenvalue weighted by Gasteiger charge is -2.42. The zero-order chi connectivity index (χ0) is 18.4. The highest BCUT2D eigenvalue weighted by Gasteiger charge is 2.37. The lowest BCUT2D eigenvalue weighted by atomic mass is 9.63. The molecule has 1 aliphatic rings. The Morgan fingerprint density at radius 1 is 0.840 bits per heavy atom. The van der Waals surface area contributed by atoms with Crippen LogP contribution in [0.4, 0.5) is 0 Å². The SMILES string of the molecule is CC1(C)CCC(C)(C)c2cc(C(=O)c3ccccc3C(=O)O)ccc21. The van der Waals surface area contributed by atoms with E-state index in [0.717, 1.165) is 12.8 Å². The Balaban J connectivity index is 2.12. The maximum atomic E-state index is 13.0. The molecule has 0 aromatic heterocycles. The molecule has 0 bridgehead atoms. The summed E-state index contributed by atoms with van der Waals surface area (Å²) in [4.78, 5) is 24.4. The molecule has 0 aliphatic heterocycles. The van der Waals surface area contributed by atoms with E-state index in [1.54, 1.807) is 18.2 Å². The fourth-order valence-electron chi connectivity index (χ4n) is 3.75. The molecule has 0 spiro atoms. The first-order valence-corrected chi connectivity index (χ1v) is 8.65. The second kappa shape index (κ2) is 5.83. The maximum absolute atomic E-state index is 13.0. The van der Waals surface area contributed by atoms with Crippen LogP contribution in [0, 0.1) is 0 Å². The standard InChI is InChI=1S/C22H24O3/c1-21(2)11-12-22(3,4)18-13-14(9-10-17(18)21)19(23)15-7-5-6-8-16(15)20(24)25/h5-10,13H,11-12H2,1-4H3,(H,24,25). The average Bonchev–Trinajstić information content (AvgIpc) is 2.58. The number of carboxylic acids is 1. The van der Waals surface area contributed by atoms with Crippen LogP contribution in [0.3, 0.4) is 0 Å². The van der Waals surface area contributed by atoms with Crippen molar-refractivity contribution in [3.8, 4) is 0 Å². The molecule has 3 rings (SSSR count). The van der Waals surface area contributed by atoms with Gasteiger partial charge in [-0.2, -0.15) is 0 Å². The zero-order valence-electron chi connectivity index (χ0n) is 15.2. The number of carbonyl (C=O) groups excluding carboxylic acids is 1. The highest BCUT2D eigenvalue weighted by molar-refractivity contribution is 6.14. The van der Waals surface area contributed by atoms with Crippen molar-refractivity contribution in [1.29, 1.82) is 0 Å². The van der Waals surface area contributed by atoms with Crippen LogP contribution in [0.1, 0.15) is 77.9 Å². The van der Waals surface area contributed by atoms with Crippen LogP contribution in [0.15, 0.2) is 42.5 Å². The van der Waals surface area contributed by atoms with Crippen LogP contribution in [-0.4, -0.2) is 16.9 Å². The number of rotatable bonds is 3. The van der Waals surface area contributed by atoms with Gasteiger partial charge in [-0.15, -0.1) is 0 Å². The van der Waals surface area contributed by atoms with Crippen molar-refractivity contribution in [3.05, 3.63) is 70.3 Å². The number of fused-ring (bicyclic) bond motifs is 1. The second-order valence-electron chi connectivity index (χ2n) is 8.21. The predicted octanol–water partition coefficient (Wildman–Crippen LogP) is 4.96. The molecule has 0 unspecified atom stereocenters. The van der Waals surface area contributed by atoms with Gasteiger partial charge in [0, 0.05) is 11.1 Å². The Bertz CT molecular complexity index is 859. The van der Waals surface area contributed by atoms with Crippen molar-refractivity contribution in [2.45, 2.75) is 51.4 Å². The van der Waals surface area contributed by atoms with Crippen LogP contribution < -0.4 is 0 Å². The van der Waals surface area contributed by atoms with Crippen LogP contribution in [0.25, 0.3) is 0 Å². The van der Waals surface area contributed by atoms with E-state index >= 15 is 0 Å². The van der Waals surface area contributed by atoms with Crippen molar-refractivity contribution < 1.29 is 14.7 Å². The van der Waals surface area contributed by atoms with E-state index in [2.05, 4.69) is 27.7 Å². The van der Waals surface area contributed by atoms with Gasteiger partial charge in [-0.05, 0) is 46.9 Å². The van der Waals surface area contributed by atoms with E-state index in [1.807, 2.05) is 18.2 Å². The third-order valence-corrected chi connectivity index (χ3v) is 5.52. The monoisotopic (exact) mass is 336 g/mol. The predicted molar refractivity (Wildman–Crippen MR) is 98.6 cm³/mol. The molecule has 1 aliphatic carbocycles. The Hall–Kier alpha value is -2.42. The Kier molecular flexibility index (Phi) is 4.06. The highest BCUT2D eigenvalue weighted by Crippen LogP contribution is 2.46. The van der Waals surface area contributed by atoms with Crippen LogP contribution in [0.2, 0.25) is 0 Å². The van der Waals surface area contributed by atoms with Crippen LogP contribution in [0.5, 0.6) is 0 Å². The lowest BCUT2D eigenvalue weighted by molar-refractivity contribution is 0.0693. The molecule has 2 aromatic rings. The van der Waals surface area contributed by atoms with E-state index in [9.17, 15) is 14.7 Å². The average molecular weight is 336 g/mol. The Morgan fingerprint density at radius 3 is 2.00 bits per heavy atom. The number of carbonyl (C=O) groups is 2. The molecule has 3 nitrogen and oxygen atoms in total. The van der Waals surface area contributed by atoms with E-state index in [1.165, 1.54) is 17.2 Å². The molecule has 0 amide bonds. The van der Waals surface area contributed by atoms with E-state index in [0.29, 0.717) is 5.56 Å². The van der Waals surface area contributed by atoms with Crippen molar-refractivity contribution in [1.82, 2.24) is 0 Å². The smallest absolute Gasteiger partial charge is 0.336 e. The molecule has 0 fully saturated rings. The van der Waals surface area contributed by atoms with Crippen LogP contribution >= 0.6 is 0 Å². The molecule has 0 saturated carbocycles. The molecule has 130 valence electrons. The summed E-state index contributed by atoms with van der Waals surface area (Å²) < 4.78 is 0. The topological polar surface area (TPSA) is 54.4 Å². The van der Waals surface area contributed by atoms with Gasteiger partial charge >= 0.3 is 5.97 Å². The number of hydrogen-bond donors (Lipinski definition) is 1. The minimum atomic E-state index is -1.08. The third-order valence-electron chi connectivity index (χ3n) is 5.52. The van der Waals surface area contributed by atoms with Gasteiger partial charge in [0.2, 0.25) is 0 Å². The number of ketones is 1. The van der Waals surface area contributed by atoms with Gasteiger partial charge in [0.15, 0.2) is 5.78 Å². The van der Waals surface area contributed by atoms with E-state index < -0.39 is 5.97 Å². The molecule has 0 heterocycles. The summed E-state index contributed by atoms with van der Waals surface area (Å²) >= 11 is 0. The van der Waals surface area contributed by atoms with Gasteiger partial charge in [0.25, 0.3) is 0 Å². The fourth-order valence-corrected chi connectivity index (χ4v) is 3.75. The maximum Gasteiger partial charge on any atom is 0.336 e. The summed E-state index contributed by atoms with van der Waals surface area (Å²) in [6, 6.07) is 12.2. The number of benzene rings is 2. The van der Waals surface area contributed by atoms with Gasteiger partial charge in [-0.3, -0.25) is 4.79 Å². The summed E-state index contributed by atoms with van der Waals surface area (Å²) in [5.41, 5.74) is 3.42. The molecule has 2 aromatic carbocycles. The Morgan fingerprint density at radius 2 is 1.40 bits per heavy atom. The van der Waals surface area contributed by atoms with Gasteiger partial charge in [-0.25, -0.2) is 4.79 Å². The Labute approximate surface area is 148 Å². The summed E-state index contributed by atoms with van der Waals surface area (Å²) in [7, 11) is 0. The minimum absolute atomic E-state index is 0.00740. The molecule has 1 N–H and O–H groups in total. The molecule has 3 heteroatoms. The number of aromatic carboxylic acids is 1. The lowest BCUT2D eigenvalue weighted by Crippen LogP contribution is -2.34. The van der Waals surface area contributed by atoms with E-state index in [-0.39, 0.29) is 27.7 Å². The minimum Gasteiger partial charge on any atom is -0.478 e. The van der Waals surface area contributed by atoms with Gasteiger partial charge in [0.1, 0.15) is 0 Å². The van der Waals surface area contributed by atoms with Gasteiger partial charge < -0.3 is 5.11 Å². The van der Waals surface area contributed by atoms with E-state index in [4.69, 9.17) is 0 Å². The molecular formula is C22H24O3. The summed E-state index contributed by atoms with van der Waals surface area (Å²) in [5, 5.41) is 9.35. The molecule has 0 radical (unpaired) electrons. The van der Waals surface area contributed by atoms with Crippen LogP contribution in [-0.2, 0) is 10.8 Å². The largest absolute Gasteiger partial charge is 0.478 e. The normalized spacial score (nSPS) is 17.6. The third kappa shape index (κ3) is 2.99. The van der Waals surface area contributed by atoms with Crippen molar-refractivity contribution in [3.63, 3.8) is 0 Å². The first kappa shape index (κ1) is 17.4. The van der Waals surface area contributed by atoms with Crippen molar-refractivity contribution in [2.75, 3.05) is 0 Å². The highest BCUT2D eigenvalue weighted by atomic mass is 16.4.